The molecule has 1 amide bonds. The lowest BCUT2D eigenvalue weighted by Gasteiger charge is -2.16. The van der Waals surface area contributed by atoms with Crippen LogP contribution in [-0.4, -0.2) is 19.1 Å². The number of nitriles is 1. The molecule has 1 atom stereocenters. The molecule has 114 valence electrons. The molecular formula is C16H16N2O4. The summed E-state index contributed by atoms with van der Waals surface area (Å²) in [7, 11) is 1.48. The Balaban J connectivity index is 1.97. The minimum atomic E-state index is -0.711. The van der Waals surface area contributed by atoms with Crippen LogP contribution in [-0.2, 0) is 11.3 Å². The van der Waals surface area contributed by atoms with Gasteiger partial charge >= 0.3 is 0 Å². The molecule has 0 fully saturated rings. The third-order valence-electron chi connectivity index (χ3n) is 2.98. The molecule has 6 nitrogen and oxygen atoms in total. The first-order valence-electron chi connectivity index (χ1n) is 6.69. The van der Waals surface area contributed by atoms with Crippen molar-refractivity contribution in [1.29, 1.82) is 5.26 Å². The highest BCUT2D eigenvalue weighted by Crippen LogP contribution is 2.28. The van der Waals surface area contributed by atoms with Crippen LogP contribution in [0.25, 0.3) is 0 Å². The van der Waals surface area contributed by atoms with Crippen molar-refractivity contribution in [2.24, 2.45) is 0 Å². The third kappa shape index (κ3) is 3.79. The Morgan fingerprint density at radius 3 is 2.86 bits per heavy atom. The number of benzene rings is 1. The fourth-order valence-corrected chi connectivity index (χ4v) is 1.81. The lowest BCUT2D eigenvalue weighted by Crippen LogP contribution is -2.35. The minimum absolute atomic E-state index is 0.275. The van der Waals surface area contributed by atoms with Crippen molar-refractivity contribution >= 4 is 5.91 Å². The van der Waals surface area contributed by atoms with Gasteiger partial charge in [0, 0.05) is 6.07 Å². The number of hydrogen-bond donors (Lipinski definition) is 1. The number of carbonyl (C=O) groups excluding carboxylic acids is 1. The SMILES string of the molecule is COc1cc(C#N)ccc1OC(C)C(=O)NCc1ccco1. The van der Waals surface area contributed by atoms with Crippen molar-refractivity contribution in [1.82, 2.24) is 5.32 Å². The molecule has 1 aromatic carbocycles. The van der Waals surface area contributed by atoms with Crippen molar-refractivity contribution in [2.45, 2.75) is 19.6 Å². The summed E-state index contributed by atoms with van der Waals surface area (Å²) in [5, 5.41) is 11.6. The molecule has 1 heterocycles. The molecule has 2 aromatic rings. The lowest BCUT2D eigenvalue weighted by atomic mass is 10.2. The van der Waals surface area contributed by atoms with Crippen molar-refractivity contribution in [3.05, 3.63) is 47.9 Å². The van der Waals surface area contributed by atoms with Gasteiger partial charge < -0.3 is 19.2 Å². The molecule has 6 heteroatoms. The maximum absolute atomic E-state index is 12.0. The maximum Gasteiger partial charge on any atom is 0.261 e. The van der Waals surface area contributed by atoms with Gasteiger partial charge in [0.15, 0.2) is 17.6 Å². The zero-order valence-electron chi connectivity index (χ0n) is 12.3. The van der Waals surface area contributed by atoms with E-state index in [2.05, 4.69) is 5.32 Å². The van der Waals surface area contributed by atoms with Gasteiger partial charge in [-0.3, -0.25) is 4.79 Å². The van der Waals surface area contributed by atoms with E-state index in [0.717, 1.165) is 0 Å². The highest BCUT2D eigenvalue weighted by Gasteiger charge is 2.17. The number of nitrogens with one attached hydrogen (secondary N) is 1. The van der Waals surface area contributed by atoms with Crippen LogP contribution in [0.5, 0.6) is 11.5 Å². The van der Waals surface area contributed by atoms with E-state index in [4.69, 9.17) is 19.2 Å². The van der Waals surface area contributed by atoms with Gasteiger partial charge in [-0.15, -0.1) is 0 Å². The molecular weight excluding hydrogens is 284 g/mol. The largest absolute Gasteiger partial charge is 0.493 e. The number of amides is 1. The molecule has 2 rings (SSSR count). The number of methoxy groups -OCH3 is 1. The lowest BCUT2D eigenvalue weighted by molar-refractivity contribution is -0.127. The highest BCUT2D eigenvalue weighted by molar-refractivity contribution is 5.80. The van der Waals surface area contributed by atoms with Crippen LogP contribution >= 0.6 is 0 Å². The van der Waals surface area contributed by atoms with Crippen molar-refractivity contribution in [3.63, 3.8) is 0 Å². The Kier molecular flexibility index (Phi) is 5.04. The van der Waals surface area contributed by atoms with Crippen LogP contribution < -0.4 is 14.8 Å². The molecule has 0 spiro atoms. The monoisotopic (exact) mass is 300 g/mol. The Labute approximate surface area is 128 Å². The first-order chi connectivity index (χ1) is 10.6. The van der Waals surface area contributed by atoms with Gasteiger partial charge in [-0.2, -0.15) is 5.26 Å². The molecule has 22 heavy (non-hydrogen) atoms. The van der Waals surface area contributed by atoms with Gasteiger partial charge in [-0.1, -0.05) is 0 Å². The summed E-state index contributed by atoms with van der Waals surface area (Å²) in [4.78, 5) is 12.0. The fraction of sp³-hybridized carbons (Fsp3) is 0.250. The molecule has 0 bridgehead atoms. The molecule has 0 radical (unpaired) electrons. The second-order valence-electron chi connectivity index (χ2n) is 4.53. The van der Waals surface area contributed by atoms with E-state index in [-0.39, 0.29) is 5.91 Å². The summed E-state index contributed by atoms with van der Waals surface area (Å²) in [5.41, 5.74) is 0.458. The van der Waals surface area contributed by atoms with E-state index in [0.29, 0.717) is 29.4 Å². The van der Waals surface area contributed by atoms with E-state index >= 15 is 0 Å². The first kappa shape index (κ1) is 15.4. The normalized spacial score (nSPS) is 11.3. The number of furan rings is 1. The Morgan fingerprint density at radius 2 is 2.23 bits per heavy atom. The Hall–Kier alpha value is -2.94. The summed E-state index contributed by atoms with van der Waals surface area (Å²) in [6, 6.07) is 10.3. The van der Waals surface area contributed by atoms with Crippen LogP contribution in [0.3, 0.4) is 0 Å². The number of carbonyl (C=O) groups is 1. The van der Waals surface area contributed by atoms with E-state index < -0.39 is 6.10 Å². The van der Waals surface area contributed by atoms with E-state index in [9.17, 15) is 4.79 Å². The predicted molar refractivity (Wildman–Crippen MR) is 78.4 cm³/mol. The smallest absolute Gasteiger partial charge is 0.261 e. The van der Waals surface area contributed by atoms with Crippen LogP contribution in [0.1, 0.15) is 18.2 Å². The zero-order chi connectivity index (χ0) is 15.9. The van der Waals surface area contributed by atoms with Gasteiger partial charge in [-0.05, 0) is 31.2 Å². The quantitative estimate of drug-likeness (QED) is 0.884. The van der Waals surface area contributed by atoms with Gasteiger partial charge in [-0.25, -0.2) is 0 Å². The van der Waals surface area contributed by atoms with E-state index in [1.807, 2.05) is 6.07 Å². The van der Waals surface area contributed by atoms with Gasteiger partial charge in [0.1, 0.15) is 5.76 Å². The van der Waals surface area contributed by atoms with E-state index in [1.165, 1.54) is 7.11 Å². The molecule has 1 aromatic heterocycles. The van der Waals surface area contributed by atoms with Gasteiger partial charge in [0.25, 0.3) is 5.91 Å². The van der Waals surface area contributed by atoms with Gasteiger partial charge in [0.2, 0.25) is 0 Å². The molecule has 0 saturated heterocycles. The zero-order valence-corrected chi connectivity index (χ0v) is 12.3. The number of nitrogens with zero attached hydrogens (tertiary/aromatic N) is 1. The summed E-state index contributed by atoms with van der Waals surface area (Å²) < 4.78 is 15.9. The predicted octanol–water partition coefficient (Wildman–Crippen LogP) is 2.24. The number of hydrogen-bond acceptors (Lipinski definition) is 5. The van der Waals surface area contributed by atoms with Crippen molar-refractivity contribution < 1.29 is 18.7 Å². The fourth-order valence-electron chi connectivity index (χ4n) is 1.81. The average molecular weight is 300 g/mol. The molecule has 0 aliphatic rings. The van der Waals surface area contributed by atoms with Crippen LogP contribution in [0, 0.1) is 11.3 Å². The molecule has 1 unspecified atom stereocenters. The van der Waals surface area contributed by atoms with E-state index in [1.54, 1.807) is 43.5 Å². The van der Waals surface area contributed by atoms with Crippen LogP contribution in [0.2, 0.25) is 0 Å². The minimum Gasteiger partial charge on any atom is -0.493 e. The highest BCUT2D eigenvalue weighted by atomic mass is 16.5. The summed E-state index contributed by atoms with van der Waals surface area (Å²) in [5.74, 6) is 1.20. The molecule has 0 aliphatic carbocycles. The van der Waals surface area contributed by atoms with Crippen molar-refractivity contribution in [2.75, 3.05) is 7.11 Å². The van der Waals surface area contributed by atoms with Crippen LogP contribution in [0.4, 0.5) is 0 Å². The first-order valence-corrected chi connectivity index (χ1v) is 6.69. The van der Waals surface area contributed by atoms with Crippen molar-refractivity contribution in [3.8, 4) is 17.6 Å². The molecule has 0 aliphatic heterocycles. The van der Waals surface area contributed by atoms with Gasteiger partial charge in [0.05, 0.1) is 31.6 Å². The maximum atomic E-state index is 12.0. The second-order valence-corrected chi connectivity index (χ2v) is 4.53. The summed E-state index contributed by atoms with van der Waals surface area (Å²) >= 11 is 0. The van der Waals surface area contributed by atoms with Crippen LogP contribution in [0.15, 0.2) is 41.0 Å². The standard InChI is InChI=1S/C16H16N2O4/c1-11(16(19)18-10-13-4-3-7-21-13)22-14-6-5-12(9-17)8-15(14)20-2/h3-8,11H,10H2,1-2H3,(H,18,19). The Morgan fingerprint density at radius 1 is 1.41 bits per heavy atom. The number of rotatable bonds is 6. The second kappa shape index (κ2) is 7.18. The molecule has 1 N–H and O–H groups in total. The topological polar surface area (TPSA) is 84.5 Å². The Bertz CT molecular complexity index is 674. The third-order valence-corrected chi connectivity index (χ3v) is 2.98. The summed E-state index contributed by atoms with van der Waals surface area (Å²) in [6.45, 7) is 1.93. The summed E-state index contributed by atoms with van der Waals surface area (Å²) in [6.07, 6.45) is 0.833. The number of ether oxygens (including phenoxy) is 2. The molecule has 0 saturated carbocycles. The average Bonchev–Trinajstić information content (AvgIpc) is 3.06.